The van der Waals surface area contributed by atoms with Gasteiger partial charge in [-0.1, -0.05) is 13.8 Å². The van der Waals surface area contributed by atoms with Gasteiger partial charge in [-0.2, -0.15) is 0 Å². The van der Waals surface area contributed by atoms with Crippen LogP contribution in [0.1, 0.15) is 38.8 Å². The lowest BCUT2D eigenvalue weighted by Gasteiger charge is -2.23. The van der Waals surface area contributed by atoms with Crippen molar-refractivity contribution in [3.05, 3.63) is 18.1 Å². The van der Waals surface area contributed by atoms with E-state index in [9.17, 15) is 4.79 Å². The second-order valence-electron chi connectivity index (χ2n) is 5.66. The Morgan fingerprint density at radius 1 is 1.33 bits per heavy atom. The van der Waals surface area contributed by atoms with Gasteiger partial charge < -0.3 is 10.6 Å². The van der Waals surface area contributed by atoms with Crippen LogP contribution in [0.25, 0.3) is 0 Å². The quantitative estimate of drug-likeness (QED) is 0.862. The first-order chi connectivity index (χ1) is 8.46. The van der Waals surface area contributed by atoms with Crippen LogP contribution in [0.5, 0.6) is 0 Å². The van der Waals surface area contributed by atoms with Gasteiger partial charge in [0.05, 0.1) is 24.6 Å². The van der Waals surface area contributed by atoms with E-state index in [0.29, 0.717) is 18.8 Å². The Balaban J connectivity index is 2.04. The number of hydrogen-bond acceptors (Lipinski definition) is 4. The van der Waals surface area contributed by atoms with Gasteiger partial charge in [0, 0.05) is 13.0 Å². The number of likely N-dealkylation sites (tertiary alicyclic amines) is 1. The molecule has 1 aliphatic heterocycles. The molecule has 5 nitrogen and oxygen atoms in total. The third kappa shape index (κ3) is 3.18. The van der Waals surface area contributed by atoms with Crippen molar-refractivity contribution < 1.29 is 4.79 Å². The van der Waals surface area contributed by atoms with Gasteiger partial charge >= 0.3 is 0 Å². The number of amides is 1. The molecule has 1 fully saturated rings. The molecule has 0 spiro atoms. The fourth-order valence-electron chi connectivity index (χ4n) is 2.10. The largest absolute Gasteiger partial charge is 0.382 e. The second-order valence-corrected chi connectivity index (χ2v) is 5.66. The van der Waals surface area contributed by atoms with Crippen molar-refractivity contribution in [2.75, 3.05) is 12.3 Å². The Labute approximate surface area is 107 Å². The average molecular weight is 248 g/mol. The van der Waals surface area contributed by atoms with Crippen molar-refractivity contribution in [2.45, 2.75) is 39.7 Å². The van der Waals surface area contributed by atoms with Crippen molar-refractivity contribution in [1.29, 1.82) is 0 Å². The van der Waals surface area contributed by atoms with Crippen molar-refractivity contribution >= 4 is 11.7 Å². The molecule has 0 aromatic carbocycles. The average Bonchev–Trinajstić information content (AvgIpc) is 2.45. The first-order valence-electron chi connectivity index (χ1n) is 6.30. The van der Waals surface area contributed by atoms with Crippen LogP contribution in [0.15, 0.2) is 12.4 Å². The highest BCUT2D eigenvalue weighted by Crippen LogP contribution is 2.30. The summed E-state index contributed by atoms with van der Waals surface area (Å²) in [6, 6.07) is 0. The summed E-state index contributed by atoms with van der Waals surface area (Å²) in [4.78, 5) is 22.1. The van der Waals surface area contributed by atoms with E-state index in [1.807, 2.05) is 4.90 Å². The number of rotatable bonds is 2. The normalized spacial score (nSPS) is 19.7. The van der Waals surface area contributed by atoms with E-state index in [1.54, 1.807) is 6.20 Å². The predicted octanol–water partition coefficient (Wildman–Crippen LogP) is 1.60. The molecule has 2 heterocycles. The summed E-state index contributed by atoms with van der Waals surface area (Å²) in [7, 11) is 0. The van der Waals surface area contributed by atoms with Crippen LogP contribution in [0.2, 0.25) is 0 Å². The van der Waals surface area contributed by atoms with Crippen LogP contribution >= 0.6 is 0 Å². The molecule has 2 rings (SSSR count). The van der Waals surface area contributed by atoms with Gasteiger partial charge in [0.25, 0.3) is 0 Å². The first kappa shape index (κ1) is 12.8. The number of aromatic nitrogens is 2. The molecule has 2 N–H and O–H groups in total. The fourth-order valence-corrected chi connectivity index (χ4v) is 2.10. The molecule has 0 aliphatic carbocycles. The first-order valence-corrected chi connectivity index (χ1v) is 6.30. The number of hydrogen-bond donors (Lipinski definition) is 1. The summed E-state index contributed by atoms with van der Waals surface area (Å²) >= 11 is 0. The summed E-state index contributed by atoms with van der Waals surface area (Å²) in [5.41, 5.74) is 6.53. The van der Waals surface area contributed by atoms with E-state index < -0.39 is 0 Å². The van der Waals surface area contributed by atoms with Crippen molar-refractivity contribution in [3.8, 4) is 0 Å². The maximum absolute atomic E-state index is 12.0. The van der Waals surface area contributed by atoms with E-state index in [1.165, 1.54) is 6.20 Å². The van der Waals surface area contributed by atoms with Gasteiger partial charge in [-0.15, -0.1) is 0 Å². The number of carbonyl (C=O) groups excluding carboxylic acids is 1. The van der Waals surface area contributed by atoms with E-state index in [4.69, 9.17) is 5.73 Å². The second kappa shape index (κ2) is 4.92. The van der Waals surface area contributed by atoms with Crippen molar-refractivity contribution in [2.24, 2.45) is 5.41 Å². The number of nitrogen functional groups attached to an aromatic ring is 1. The smallest absolute Gasteiger partial charge is 0.222 e. The number of anilines is 1. The lowest BCUT2D eigenvalue weighted by atomic mass is 9.85. The summed E-state index contributed by atoms with van der Waals surface area (Å²) in [6.45, 7) is 5.75. The maximum atomic E-state index is 12.0. The molecule has 5 heteroatoms. The Bertz CT molecular complexity index is 427. The minimum absolute atomic E-state index is 0.208. The molecule has 0 saturated carbocycles. The summed E-state index contributed by atoms with van der Waals surface area (Å²) in [5.74, 6) is 0.612. The Hall–Kier alpha value is -1.65. The highest BCUT2D eigenvalue weighted by molar-refractivity contribution is 5.76. The molecule has 0 unspecified atom stereocenters. The van der Waals surface area contributed by atoms with Gasteiger partial charge in [-0.05, 0) is 18.3 Å². The Morgan fingerprint density at radius 2 is 2.11 bits per heavy atom. The topological polar surface area (TPSA) is 72.1 Å². The summed E-state index contributed by atoms with van der Waals surface area (Å²) in [6.07, 6.45) is 5.77. The zero-order valence-corrected chi connectivity index (χ0v) is 11.0. The Kier molecular flexibility index (Phi) is 3.50. The highest BCUT2D eigenvalue weighted by atomic mass is 16.2. The lowest BCUT2D eigenvalue weighted by molar-refractivity contribution is -0.131. The van der Waals surface area contributed by atoms with Gasteiger partial charge in [-0.3, -0.25) is 9.78 Å². The minimum atomic E-state index is 0.208. The van der Waals surface area contributed by atoms with E-state index in [0.717, 1.165) is 25.1 Å². The molecule has 0 bridgehead atoms. The fraction of sp³-hybridized carbons (Fsp3) is 0.615. The zero-order valence-electron chi connectivity index (χ0n) is 11.0. The number of carbonyl (C=O) groups is 1. The molecule has 1 amide bonds. The molecule has 98 valence electrons. The van der Waals surface area contributed by atoms with Crippen LogP contribution in [0.3, 0.4) is 0 Å². The van der Waals surface area contributed by atoms with Gasteiger partial charge in [0.2, 0.25) is 5.91 Å². The van der Waals surface area contributed by atoms with E-state index in [-0.39, 0.29) is 11.3 Å². The van der Waals surface area contributed by atoms with Crippen LogP contribution in [-0.2, 0) is 11.3 Å². The number of nitrogens with zero attached hydrogens (tertiary/aromatic N) is 3. The van der Waals surface area contributed by atoms with Crippen LogP contribution in [0, 0.1) is 5.41 Å². The third-order valence-corrected chi connectivity index (χ3v) is 3.50. The van der Waals surface area contributed by atoms with Gasteiger partial charge in [0.15, 0.2) is 0 Å². The molecular formula is C13H20N4O. The molecule has 1 aliphatic rings. The molecule has 1 saturated heterocycles. The summed E-state index contributed by atoms with van der Waals surface area (Å²) in [5, 5.41) is 0. The summed E-state index contributed by atoms with van der Waals surface area (Å²) < 4.78 is 0. The monoisotopic (exact) mass is 248 g/mol. The SMILES string of the molecule is CC1(C)CCC(=O)N(Cc2cnc(N)cn2)CC1. The highest BCUT2D eigenvalue weighted by Gasteiger charge is 2.27. The van der Waals surface area contributed by atoms with Crippen molar-refractivity contribution in [1.82, 2.24) is 14.9 Å². The minimum Gasteiger partial charge on any atom is -0.382 e. The molecule has 1 aromatic heterocycles. The molecular weight excluding hydrogens is 228 g/mol. The van der Waals surface area contributed by atoms with Gasteiger partial charge in [-0.25, -0.2) is 4.98 Å². The van der Waals surface area contributed by atoms with Crippen LogP contribution in [-0.4, -0.2) is 27.3 Å². The molecule has 1 aromatic rings. The van der Waals surface area contributed by atoms with Crippen LogP contribution in [0.4, 0.5) is 5.82 Å². The van der Waals surface area contributed by atoms with Crippen LogP contribution < -0.4 is 5.73 Å². The lowest BCUT2D eigenvalue weighted by Crippen LogP contribution is -2.30. The standard InChI is InChI=1S/C13H20N4O/c1-13(2)4-3-12(18)17(6-5-13)9-10-7-16-11(14)8-15-10/h7-8H,3-6,9H2,1-2H3,(H2,14,16). The Morgan fingerprint density at radius 3 is 2.78 bits per heavy atom. The van der Waals surface area contributed by atoms with Gasteiger partial charge in [0.1, 0.15) is 5.82 Å². The molecule has 18 heavy (non-hydrogen) atoms. The third-order valence-electron chi connectivity index (χ3n) is 3.50. The van der Waals surface area contributed by atoms with Crippen molar-refractivity contribution in [3.63, 3.8) is 0 Å². The maximum Gasteiger partial charge on any atom is 0.222 e. The van der Waals surface area contributed by atoms with E-state index in [2.05, 4.69) is 23.8 Å². The predicted molar refractivity (Wildman–Crippen MR) is 69.5 cm³/mol. The molecule has 0 atom stereocenters. The number of nitrogens with two attached hydrogens (primary N) is 1. The van der Waals surface area contributed by atoms with E-state index >= 15 is 0 Å². The molecule has 0 radical (unpaired) electrons. The zero-order chi connectivity index (χ0) is 13.2.